The average Bonchev–Trinajstić information content (AvgIpc) is 2.62. The average molecular weight is 251 g/mol. The molecular formula is C10H13N5O3. The topological polar surface area (TPSA) is 113 Å². The Bertz CT molecular complexity index is 637. The highest BCUT2D eigenvalue weighted by Crippen LogP contribution is 2.09. The summed E-state index contributed by atoms with van der Waals surface area (Å²) in [6.45, 7) is 5.21. The van der Waals surface area contributed by atoms with E-state index < -0.39 is 17.3 Å². The van der Waals surface area contributed by atoms with E-state index in [1.165, 1.54) is 6.33 Å². The van der Waals surface area contributed by atoms with Crippen molar-refractivity contribution in [3.63, 3.8) is 0 Å². The van der Waals surface area contributed by atoms with Gasteiger partial charge >= 0.3 is 6.09 Å². The molecule has 0 aliphatic carbocycles. The molecule has 0 spiro atoms. The number of anilines is 1. The fourth-order valence-electron chi connectivity index (χ4n) is 1.30. The van der Waals surface area contributed by atoms with E-state index in [2.05, 4.69) is 25.3 Å². The number of amides is 1. The van der Waals surface area contributed by atoms with Crippen molar-refractivity contribution in [1.82, 2.24) is 19.9 Å². The molecule has 2 heterocycles. The molecule has 0 saturated carbocycles. The molecule has 96 valence electrons. The zero-order chi connectivity index (χ0) is 13.3. The second-order valence-electron chi connectivity index (χ2n) is 4.64. The number of fused-ring (bicyclic) bond motifs is 1. The first-order chi connectivity index (χ1) is 8.35. The van der Waals surface area contributed by atoms with Crippen molar-refractivity contribution in [2.24, 2.45) is 0 Å². The lowest BCUT2D eigenvalue weighted by Crippen LogP contribution is -2.28. The van der Waals surface area contributed by atoms with Crippen LogP contribution in [0.1, 0.15) is 20.8 Å². The van der Waals surface area contributed by atoms with Crippen molar-refractivity contribution in [3.05, 3.63) is 16.7 Å². The van der Waals surface area contributed by atoms with Gasteiger partial charge in [0, 0.05) is 0 Å². The van der Waals surface area contributed by atoms with E-state index in [9.17, 15) is 9.59 Å². The fourth-order valence-corrected chi connectivity index (χ4v) is 1.30. The Kier molecular flexibility index (Phi) is 2.77. The predicted octanol–water partition coefficient (Wildman–Crippen LogP) is 0.993. The molecule has 0 atom stereocenters. The lowest BCUT2D eigenvalue weighted by atomic mass is 10.2. The second kappa shape index (κ2) is 4.13. The van der Waals surface area contributed by atoms with Crippen molar-refractivity contribution in [1.29, 1.82) is 0 Å². The molecule has 0 aromatic carbocycles. The van der Waals surface area contributed by atoms with E-state index in [1.807, 2.05) is 0 Å². The van der Waals surface area contributed by atoms with Crippen molar-refractivity contribution < 1.29 is 9.53 Å². The number of carbonyl (C=O) groups is 1. The van der Waals surface area contributed by atoms with Crippen LogP contribution in [0.5, 0.6) is 0 Å². The predicted molar refractivity (Wildman–Crippen MR) is 64.4 cm³/mol. The molecule has 1 amide bonds. The number of rotatable bonds is 1. The number of nitrogens with one attached hydrogen (secondary N) is 3. The highest BCUT2D eigenvalue weighted by Gasteiger charge is 2.17. The zero-order valence-corrected chi connectivity index (χ0v) is 10.2. The third-order valence-corrected chi connectivity index (χ3v) is 1.92. The molecule has 0 fully saturated rings. The van der Waals surface area contributed by atoms with Gasteiger partial charge in [-0.1, -0.05) is 0 Å². The van der Waals surface area contributed by atoms with E-state index in [-0.39, 0.29) is 17.1 Å². The smallest absolute Gasteiger partial charge is 0.414 e. The number of imidazole rings is 1. The number of hydrogen-bond donors (Lipinski definition) is 3. The summed E-state index contributed by atoms with van der Waals surface area (Å²) in [5.74, 6) is -0.00569. The largest absolute Gasteiger partial charge is 0.444 e. The van der Waals surface area contributed by atoms with Crippen molar-refractivity contribution in [3.8, 4) is 0 Å². The summed E-state index contributed by atoms with van der Waals surface area (Å²) in [5.41, 5.74) is -0.557. The summed E-state index contributed by atoms with van der Waals surface area (Å²) in [5, 5.41) is 2.34. The Morgan fingerprint density at radius 3 is 2.83 bits per heavy atom. The normalized spacial score (nSPS) is 11.5. The van der Waals surface area contributed by atoms with Gasteiger partial charge in [0.2, 0.25) is 5.95 Å². The van der Waals surface area contributed by atoms with Gasteiger partial charge < -0.3 is 9.72 Å². The van der Waals surface area contributed by atoms with E-state index >= 15 is 0 Å². The number of hydrogen-bond acceptors (Lipinski definition) is 5. The van der Waals surface area contributed by atoms with Gasteiger partial charge in [0.15, 0.2) is 11.2 Å². The lowest BCUT2D eigenvalue weighted by molar-refractivity contribution is 0.0634. The number of aromatic amines is 2. The van der Waals surface area contributed by atoms with E-state index in [0.717, 1.165) is 0 Å². The molecule has 0 unspecified atom stereocenters. The maximum Gasteiger partial charge on any atom is 0.414 e. The van der Waals surface area contributed by atoms with Gasteiger partial charge in [0.05, 0.1) is 6.33 Å². The number of H-pyrrole nitrogens is 2. The summed E-state index contributed by atoms with van der Waals surface area (Å²) in [6, 6.07) is 0. The molecule has 2 aromatic heterocycles. The minimum atomic E-state index is -0.694. The SMILES string of the molecule is CC(C)(C)OC(=O)Nc1nc2nc[nH]c2c(=O)[nH]1. The molecule has 8 heteroatoms. The van der Waals surface area contributed by atoms with E-state index in [0.29, 0.717) is 0 Å². The molecule has 0 radical (unpaired) electrons. The summed E-state index contributed by atoms with van der Waals surface area (Å²) >= 11 is 0. The van der Waals surface area contributed by atoms with Crippen LogP contribution in [0.3, 0.4) is 0 Å². The maximum atomic E-state index is 11.6. The summed E-state index contributed by atoms with van der Waals surface area (Å²) in [6.07, 6.45) is 0.657. The van der Waals surface area contributed by atoms with Crippen LogP contribution in [0.25, 0.3) is 11.2 Å². The molecule has 0 aliphatic heterocycles. The van der Waals surface area contributed by atoms with Gasteiger partial charge in [-0.2, -0.15) is 4.98 Å². The molecule has 0 saturated heterocycles. The quantitative estimate of drug-likeness (QED) is 0.699. The van der Waals surface area contributed by atoms with Gasteiger partial charge in [0.1, 0.15) is 5.60 Å². The van der Waals surface area contributed by atoms with Gasteiger partial charge in [-0.25, -0.2) is 9.78 Å². The van der Waals surface area contributed by atoms with Crippen LogP contribution in [0.4, 0.5) is 10.7 Å². The van der Waals surface area contributed by atoms with Crippen molar-refractivity contribution in [2.75, 3.05) is 5.32 Å². The Morgan fingerprint density at radius 1 is 1.44 bits per heavy atom. The Morgan fingerprint density at radius 2 is 2.17 bits per heavy atom. The maximum absolute atomic E-state index is 11.6. The van der Waals surface area contributed by atoms with Crippen LogP contribution < -0.4 is 10.9 Å². The van der Waals surface area contributed by atoms with Crippen molar-refractivity contribution >= 4 is 23.2 Å². The number of aromatic nitrogens is 4. The monoisotopic (exact) mass is 251 g/mol. The Labute approximate surface area is 102 Å². The zero-order valence-electron chi connectivity index (χ0n) is 10.2. The molecule has 2 rings (SSSR count). The van der Waals surface area contributed by atoms with Crippen LogP contribution in [0, 0.1) is 0 Å². The lowest BCUT2D eigenvalue weighted by Gasteiger charge is -2.19. The van der Waals surface area contributed by atoms with Gasteiger partial charge in [-0.05, 0) is 20.8 Å². The van der Waals surface area contributed by atoms with Crippen LogP contribution in [-0.4, -0.2) is 31.6 Å². The van der Waals surface area contributed by atoms with Crippen LogP contribution in [0.2, 0.25) is 0 Å². The van der Waals surface area contributed by atoms with Gasteiger partial charge in [-0.3, -0.25) is 15.1 Å². The Hall–Kier alpha value is -2.38. The first-order valence-electron chi connectivity index (χ1n) is 5.28. The number of ether oxygens (including phenoxy) is 1. The van der Waals surface area contributed by atoms with Crippen molar-refractivity contribution in [2.45, 2.75) is 26.4 Å². The standard InChI is InChI=1S/C10H13N5O3/c1-10(2,3)18-9(17)15-8-13-6-5(7(16)14-8)11-4-12-6/h4H,1-3H3,(H3,11,12,13,14,15,16,17). The molecule has 2 aromatic rings. The second-order valence-corrected chi connectivity index (χ2v) is 4.64. The number of nitrogens with zero attached hydrogens (tertiary/aromatic N) is 2. The molecule has 0 bridgehead atoms. The highest BCUT2D eigenvalue weighted by atomic mass is 16.6. The van der Waals surface area contributed by atoms with Gasteiger partial charge in [0.25, 0.3) is 5.56 Å². The van der Waals surface area contributed by atoms with Gasteiger partial charge in [-0.15, -0.1) is 0 Å². The fraction of sp³-hybridized carbons (Fsp3) is 0.400. The number of carbonyl (C=O) groups excluding carboxylic acids is 1. The molecular weight excluding hydrogens is 238 g/mol. The van der Waals surface area contributed by atoms with E-state index in [1.54, 1.807) is 20.8 Å². The first-order valence-corrected chi connectivity index (χ1v) is 5.28. The molecule has 0 aliphatic rings. The van der Waals surface area contributed by atoms with Crippen LogP contribution in [0.15, 0.2) is 11.1 Å². The summed E-state index contributed by atoms with van der Waals surface area (Å²) in [7, 11) is 0. The summed E-state index contributed by atoms with van der Waals surface area (Å²) in [4.78, 5) is 35.9. The first kappa shape index (κ1) is 12.1. The highest BCUT2D eigenvalue weighted by molar-refractivity contribution is 5.83. The third kappa shape index (κ3) is 2.65. The van der Waals surface area contributed by atoms with Crippen LogP contribution >= 0.6 is 0 Å². The third-order valence-electron chi connectivity index (χ3n) is 1.92. The minimum absolute atomic E-state index is 0.00569. The molecule has 3 N–H and O–H groups in total. The molecule has 18 heavy (non-hydrogen) atoms. The minimum Gasteiger partial charge on any atom is -0.444 e. The van der Waals surface area contributed by atoms with Crippen LogP contribution in [-0.2, 0) is 4.74 Å². The van der Waals surface area contributed by atoms with E-state index in [4.69, 9.17) is 4.74 Å². The Balaban J connectivity index is 2.22. The molecule has 8 nitrogen and oxygen atoms in total. The summed E-state index contributed by atoms with van der Waals surface area (Å²) < 4.78 is 5.03.